The monoisotopic (exact) mass is 127 g/mol. The Hall–Kier alpha value is -1.32. The van der Waals surface area contributed by atoms with Crippen molar-refractivity contribution >= 4 is 5.97 Å². The summed E-state index contributed by atoms with van der Waals surface area (Å²) in [5.74, 6) is -0.0410. The number of rotatable bonds is 1. The zero-order valence-electron chi connectivity index (χ0n) is 4.83. The molecule has 0 saturated carbocycles. The molecule has 0 radical (unpaired) electrons. The van der Waals surface area contributed by atoms with Crippen LogP contribution in [0.15, 0.2) is 17.0 Å². The molecule has 0 aliphatic heterocycles. The van der Waals surface area contributed by atoms with Gasteiger partial charge in [0, 0.05) is 6.92 Å². The molecule has 4 heteroatoms. The Morgan fingerprint density at radius 2 is 2.67 bits per heavy atom. The number of nitrogens with zero attached hydrogens (tertiary/aromatic N) is 1. The molecule has 0 saturated heterocycles. The molecule has 0 aromatic carbocycles. The predicted molar refractivity (Wildman–Crippen MR) is 27.8 cm³/mol. The Morgan fingerprint density at radius 1 is 1.89 bits per heavy atom. The molecule has 1 heterocycles. The van der Waals surface area contributed by atoms with Gasteiger partial charge in [0.2, 0.25) is 0 Å². The van der Waals surface area contributed by atoms with E-state index >= 15 is 0 Å². The van der Waals surface area contributed by atoms with Crippen LogP contribution in [0.25, 0.3) is 0 Å². The van der Waals surface area contributed by atoms with E-state index in [0.29, 0.717) is 5.75 Å². The van der Waals surface area contributed by atoms with Gasteiger partial charge in [-0.25, -0.2) is 0 Å². The number of aromatic nitrogens is 1. The summed E-state index contributed by atoms with van der Waals surface area (Å²) < 4.78 is 8.95. The minimum absolute atomic E-state index is 0.336. The Morgan fingerprint density at radius 3 is 3.11 bits per heavy atom. The van der Waals surface area contributed by atoms with Crippen molar-refractivity contribution in [3.8, 4) is 5.75 Å². The van der Waals surface area contributed by atoms with E-state index in [1.807, 2.05) is 0 Å². The maximum Gasteiger partial charge on any atom is 0.308 e. The van der Waals surface area contributed by atoms with Crippen LogP contribution in [0, 0.1) is 0 Å². The summed E-state index contributed by atoms with van der Waals surface area (Å²) in [5, 5.41) is 3.32. The second-order valence-corrected chi connectivity index (χ2v) is 1.45. The summed E-state index contributed by atoms with van der Waals surface area (Å²) in [6.45, 7) is 1.31. The van der Waals surface area contributed by atoms with Gasteiger partial charge < -0.3 is 9.26 Å². The highest BCUT2D eigenvalue weighted by atomic mass is 16.6. The average Bonchev–Trinajstić information content (AvgIpc) is 2.15. The third-order valence-electron chi connectivity index (χ3n) is 0.671. The molecule has 0 atom stereocenters. The highest BCUT2D eigenvalue weighted by Crippen LogP contribution is 2.06. The Balaban J connectivity index is 2.58. The van der Waals surface area contributed by atoms with E-state index in [1.54, 1.807) is 0 Å². The molecule has 0 aliphatic carbocycles. The van der Waals surface area contributed by atoms with Crippen molar-refractivity contribution in [2.24, 2.45) is 0 Å². The van der Waals surface area contributed by atoms with Crippen molar-refractivity contribution in [3.63, 3.8) is 0 Å². The van der Waals surface area contributed by atoms with E-state index in [-0.39, 0.29) is 5.97 Å². The van der Waals surface area contributed by atoms with Crippen molar-refractivity contribution < 1.29 is 14.1 Å². The molecule has 0 unspecified atom stereocenters. The van der Waals surface area contributed by atoms with E-state index in [4.69, 9.17) is 0 Å². The fourth-order valence-electron chi connectivity index (χ4n) is 0.412. The second-order valence-electron chi connectivity index (χ2n) is 1.45. The predicted octanol–water partition coefficient (Wildman–Crippen LogP) is 0.600. The molecule has 4 nitrogen and oxygen atoms in total. The molecule has 48 valence electrons. The Kier molecular flexibility index (Phi) is 1.48. The van der Waals surface area contributed by atoms with E-state index in [0.717, 1.165) is 0 Å². The van der Waals surface area contributed by atoms with Crippen molar-refractivity contribution in [1.29, 1.82) is 0 Å². The lowest BCUT2D eigenvalue weighted by Gasteiger charge is -1.90. The molecule has 0 N–H and O–H groups in total. The molecule has 0 aliphatic rings. The molecule has 1 aromatic rings. The van der Waals surface area contributed by atoms with Crippen LogP contribution in [0.2, 0.25) is 0 Å². The van der Waals surface area contributed by atoms with Gasteiger partial charge in [0.1, 0.15) is 6.20 Å². The number of carbonyl (C=O) groups excluding carboxylic acids is 1. The summed E-state index contributed by atoms with van der Waals surface area (Å²) in [7, 11) is 0. The molecule has 1 aromatic heterocycles. The second kappa shape index (κ2) is 2.30. The van der Waals surface area contributed by atoms with Crippen molar-refractivity contribution in [1.82, 2.24) is 5.16 Å². The average molecular weight is 127 g/mol. The summed E-state index contributed by atoms with van der Waals surface area (Å²) in [5.41, 5.74) is 0. The first kappa shape index (κ1) is 5.81. The maximum absolute atomic E-state index is 10.2. The van der Waals surface area contributed by atoms with Crippen LogP contribution in [-0.4, -0.2) is 11.1 Å². The van der Waals surface area contributed by atoms with Crippen LogP contribution in [0.3, 0.4) is 0 Å². The fourth-order valence-corrected chi connectivity index (χ4v) is 0.412. The largest absolute Gasteiger partial charge is 0.421 e. The quantitative estimate of drug-likeness (QED) is 0.518. The third-order valence-corrected chi connectivity index (χ3v) is 0.671. The summed E-state index contributed by atoms with van der Waals surface area (Å²) in [6.07, 6.45) is 2.57. The number of ether oxygens (including phenoxy) is 1. The van der Waals surface area contributed by atoms with Gasteiger partial charge in [-0.05, 0) is 0 Å². The van der Waals surface area contributed by atoms with E-state index in [9.17, 15) is 4.79 Å². The summed E-state index contributed by atoms with van der Waals surface area (Å²) in [6, 6.07) is 0. The van der Waals surface area contributed by atoms with Gasteiger partial charge in [0.05, 0.1) is 0 Å². The summed E-state index contributed by atoms with van der Waals surface area (Å²) in [4.78, 5) is 10.2. The summed E-state index contributed by atoms with van der Waals surface area (Å²) >= 11 is 0. The van der Waals surface area contributed by atoms with Crippen molar-refractivity contribution in [3.05, 3.63) is 12.5 Å². The van der Waals surface area contributed by atoms with Gasteiger partial charge in [-0.3, -0.25) is 4.79 Å². The first-order valence-electron chi connectivity index (χ1n) is 2.37. The topological polar surface area (TPSA) is 52.3 Å². The normalized spacial score (nSPS) is 9.00. The van der Waals surface area contributed by atoms with Gasteiger partial charge >= 0.3 is 5.97 Å². The van der Waals surface area contributed by atoms with Crippen LogP contribution < -0.4 is 4.74 Å². The molecular formula is C5H5NO3. The first-order chi connectivity index (χ1) is 4.29. The van der Waals surface area contributed by atoms with Crippen LogP contribution in [0.1, 0.15) is 6.92 Å². The van der Waals surface area contributed by atoms with Crippen molar-refractivity contribution in [2.45, 2.75) is 6.92 Å². The minimum atomic E-state index is -0.377. The van der Waals surface area contributed by atoms with Gasteiger partial charge in [-0.2, -0.15) is 0 Å². The SMILES string of the molecule is CC(=O)Oc1cnoc1. The molecule has 0 spiro atoms. The van der Waals surface area contributed by atoms with Crippen LogP contribution in [-0.2, 0) is 4.79 Å². The van der Waals surface area contributed by atoms with E-state index < -0.39 is 0 Å². The molecule has 1 rings (SSSR count). The zero-order valence-corrected chi connectivity index (χ0v) is 4.83. The zero-order chi connectivity index (χ0) is 6.69. The van der Waals surface area contributed by atoms with Crippen molar-refractivity contribution in [2.75, 3.05) is 0 Å². The fraction of sp³-hybridized carbons (Fsp3) is 0.200. The lowest BCUT2D eigenvalue weighted by molar-refractivity contribution is -0.131. The van der Waals surface area contributed by atoms with Gasteiger partial charge in [0.15, 0.2) is 12.0 Å². The number of hydrogen-bond acceptors (Lipinski definition) is 4. The number of esters is 1. The minimum Gasteiger partial charge on any atom is -0.421 e. The smallest absolute Gasteiger partial charge is 0.308 e. The van der Waals surface area contributed by atoms with Gasteiger partial charge in [-0.15, -0.1) is 0 Å². The highest BCUT2D eigenvalue weighted by Gasteiger charge is 1.97. The molecule has 9 heavy (non-hydrogen) atoms. The first-order valence-corrected chi connectivity index (χ1v) is 2.37. The van der Waals surface area contributed by atoms with Crippen LogP contribution in [0.4, 0.5) is 0 Å². The Labute approximate surface area is 51.4 Å². The maximum atomic E-state index is 10.2. The number of hydrogen-bond donors (Lipinski definition) is 0. The molecule has 0 fully saturated rings. The lowest BCUT2D eigenvalue weighted by Crippen LogP contribution is -1.99. The third kappa shape index (κ3) is 1.56. The molecule has 0 bridgehead atoms. The number of carbonyl (C=O) groups is 1. The molecule has 0 amide bonds. The standard InChI is InChI=1S/C5H5NO3/c1-4(7)9-5-2-6-8-3-5/h2-3H,1H3. The highest BCUT2D eigenvalue weighted by molar-refractivity contribution is 5.68. The van der Waals surface area contributed by atoms with Crippen LogP contribution in [0.5, 0.6) is 5.75 Å². The van der Waals surface area contributed by atoms with Gasteiger partial charge in [0.25, 0.3) is 0 Å². The van der Waals surface area contributed by atoms with Gasteiger partial charge in [-0.1, -0.05) is 5.16 Å². The van der Waals surface area contributed by atoms with Crippen LogP contribution >= 0.6 is 0 Å². The lowest BCUT2D eigenvalue weighted by atomic mass is 10.6. The van der Waals surface area contributed by atoms with E-state index in [2.05, 4.69) is 14.4 Å². The molecular weight excluding hydrogens is 122 g/mol. The Bertz CT molecular complexity index is 192. The van der Waals surface area contributed by atoms with E-state index in [1.165, 1.54) is 19.4 Å².